The highest BCUT2D eigenvalue weighted by atomic mass is 31.2. The van der Waals surface area contributed by atoms with Gasteiger partial charge in [0.25, 0.3) is 0 Å². The van der Waals surface area contributed by atoms with Crippen molar-refractivity contribution < 1.29 is 57.6 Å². The number of oxime groups is 1. The zero-order chi connectivity index (χ0) is 45.5. The van der Waals surface area contributed by atoms with Crippen LogP contribution in [0.25, 0.3) is 0 Å². The number of phosphoric ester groups is 1. The topological polar surface area (TPSA) is 306 Å². The lowest BCUT2D eigenvalue weighted by atomic mass is 10.0. The van der Waals surface area contributed by atoms with Crippen LogP contribution in [0.5, 0.6) is 0 Å². The van der Waals surface area contributed by atoms with Crippen LogP contribution < -0.4 is 27.0 Å². The Labute approximate surface area is 357 Å². The first-order chi connectivity index (χ1) is 28.9. The minimum Gasteiger partial charge on any atom is -0.396 e. The number of unbranched alkanes of at least 4 members (excludes halogenated alkanes) is 7. The lowest BCUT2D eigenvalue weighted by Crippen LogP contribution is -2.61. The van der Waals surface area contributed by atoms with Crippen molar-refractivity contribution in [3.63, 3.8) is 0 Å². The number of aliphatic hydroxyl groups excluding tert-OH is 1. The van der Waals surface area contributed by atoms with Gasteiger partial charge in [0.1, 0.15) is 36.8 Å². The Balaban J connectivity index is 2.23. The van der Waals surface area contributed by atoms with E-state index < -0.39 is 80.3 Å². The first kappa shape index (κ1) is 52.7. The molecule has 9 N–H and O–H groups in total. The molecule has 2 rings (SSSR count). The van der Waals surface area contributed by atoms with Crippen LogP contribution in [0.4, 0.5) is 0 Å². The molecule has 21 nitrogen and oxygen atoms in total. The number of aryl methyl sites for hydroxylation is 1. The van der Waals surface area contributed by atoms with Crippen LogP contribution in [0.1, 0.15) is 117 Å². The monoisotopic (exact) mass is 885 g/mol. The minimum absolute atomic E-state index is 0.0885. The molecule has 0 aromatic carbocycles. The number of nitrogens with one attached hydrogen (secondary N) is 4. The lowest BCUT2D eigenvalue weighted by molar-refractivity contribution is -0.139. The molecule has 6 amide bonds. The number of aromatic nitrogens is 2. The number of carbonyl (C=O) groups is 6. The Bertz CT molecular complexity index is 1640. The number of hydrogen-bond acceptors (Lipinski definition) is 12. The van der Waals surface area contributed by atoms with E-state index in [1.807, 2.05) is 18.4 Å². The van der Waals surface area contributed by atoms with Crippen LogP contribution in [0.2, 0.25) is 0 Å². The minimum atomic E-state index is -5.11. The maximum atomic E-state index is 14.0. The van der Waals surface area contributed by atoms with Gasteiger partial charge in [-0.25, -0.2) is 9.55 Å². The summed E-state index contributed by atoms with van der Waals surface area (Å²) in [6, 6.07) is -6.78. The number of likely N-dealkylation sites (tertiary alicyclic amines) is 1. The molecule has 346 valence electrons. The van der Waals surface area contributed by atoms with Crippen molar-refractivity contribution in [2.24, 2.45) is 16.8 Å². The number of primary amides is 1. The Kier molecular flexibility index (Phi) is 23.8. The standard InChI is InChI=1S/C39H68N9O12P/c1-6-7-8-9-12-17-42-59-20-14-11-10-13-18-47-25-41-23-29(47)22-31(37(53)45-32(24-49)38(54)46-34(35(40)51)27(4)60-61(56,57)58)43-36(52)30(21-26(2)3)44-39(55)33-16-15-19-48(33)28(5)50/h17,23,25-27,30-34,49H,6-16,18-22,24H2,1-5H3,(H2,40,51)(H,43,52)(H,44,55)(H,45,53)(H,46,54)(H2,56,57,58)/b42-17+/t27-,30+,31+,32+,33+,34+/m1/s1. The second-order valence-corrected chi connectivity index (χ2v) is 16.9. The summed E-state index contributed by atoms with van der Waals surface area (Å²) in [5, 5.41) is 24.1. The molecule has 2 heterocycles. The summed E-state index contributed by atoms with van der Waals surface area (Å²) >= 11 is 0. The molecular weight excluding hydrogens is 817 g/mol. The van der Waals surface area contributed by atoms with Crippen molar-refractivity contribution in [1.82, 2.24) is 35.7 Å². The molecule has 0 saturated carbocycles. The van der Waals surface area contributed by atoms with Gasteiger partial charge < -0.3 is 56.2 Å². The fraction of sp³-hybridized carbons (Fsp3) is 0.744. The molecule has 1 saturated heterocycles. The predicted molar refractivity (Wildman–Crippen MR) is 224 cm³/mol. The molecule has 22 heteroatoms. The molecule has 6 atom stereocenters. The number of phosphoric acid groups is 1. The van der Waals surface area contributed by atoms with Crippen LogP contribution in [0.3, 0.4) is 0 Å². The predicted octanol–water partition coefficient (Wildman–Crippen LogP) is 0.930. The van der Waals surface area contributed by atoms with Gasteiger partial charge in [0.2, 0.25) is 35.4 Å². The van der Waals surface area contributed by atoms with Gasteiger partial charge in [-0.3, -0.25) is 33.3 Å². The number of rotatable bonds is 30. The van der Waals surface area contributed by atoms with Gasteiger partial charge in [-0.1, -0.05) is 51.6 Å². The van der Waals surface area contributed by atoms with Gasteiger partial charge in [0.15, 0.2) is 0 Å². The molecule has 0 unspecified atom stereocenters. The van der Waals surface area contributed by atoms with Crippen molar-refractivity contribution in [2.75, 3.05) is 19.8 Å². The number of aliphatic hydroxyl groups is 1. The van der Waals surface area contributed by atoms with Crippen LogP contribution >= 0.6 is 7.82 Å². The van der Waals surface area contributed by atoms with Crippen molar-refractivity contribution in [1.29, 1.82) is 0 Å². The summed E-state index contributed by atoms with van der Waals surface area (Å²) in [4.78, 5) is 108. The normalized spacial score (nSPS) is 16.7. The van der Waals surface area contributed by atoms with Crippen LogP contribution in [-0.4, -0.2) is 127 Å². The summed E-state index contributed by atoms with van der Waals surface area (Å²) in [5.41, 5.74) is 5.89. The third-order valence-corrected chi connectivity index (χ3v) is 10.7. The average Bonchev–Trinajstić information content (AvgIpc) is 3.86. The Morgan fingerprint density at radius 3 is 2.25 bits per heavy atom. The number of amides is 6. The van der Waals surface area contributed by atoms with Gasteiger partial charge >= 0.3 is 7.82 Å². The van der Waals surface area contributed by atoms with E-state index in [4.69, 9.17) is 10.6 Å². The smallest absolute Gasteiger partial charge is 0.396 e. The van der Waals surface area contributed by atoms with Crippen LogP contribution in [-0.2, 0) is 55.7 Å². The zero-order valence-electron chi connectivity index (χ0n) is 36.1. The lowest BCUT2D eigenvalue weighted by Gasteiger charge is -2.28. The van der Waals surface area contributed by atoms with Crippen LogP contribution in [0.15, 0.2) is 17.7 Å². The quantitative estimate of drug-likeness (QED) is 0.0231. The first-order valence-electron chi connectivity index (χ1n) is 21.1. The van der Waals surface area contributed by atoms with E-state index >= 15 is 0 Å². The molecule has 0 radical (unpaired) electrons. The second kappa shape index (κ2) is 27.5. The number of imidazole rings is 1. The van der Waals surface area contributed by atoms with E-state index in [0.717, 1.165) is 45.4 Å². The van der Waals surface area contributed by atoms with Gasteiger partial charge in [0, 0.05) is 44.5 Å². The molecule has 0 aliphatic carbocycles. The second-order valence-electron chi connectivity index (χ2n) is 15.7. The molecule has 61 heavy (non-hydrogen) atoms. The first-order valence-corrected chi connectivity index (χ1v) is 22.7. The SMILES string of the molecule is CCCCCC/C=N/OCCCCCCn1cncc1C[C@H](NC(=O)[C@H](CC(C)C)NC(=O)[C@@H]1CCCN1C(C)=O)C(=O)N[C@@H](CO)C(=O)N[C@H](C(N)=O)[C@@H](C)OP(=O)(O)O. The summed E-state index contributed by atoms with van der Waals surface area (Å²) in [5.74, 6) is -4.88. The summed E-state index contributed by atoms with van der Waals surface area (Å²) in [6.45, 7) is 8.75. The third kappa shape index (κ3) is 19.9. The zero-order valence-corrected chi connectivity index (χ0v) is 37.0. The van der Waals surface area contributed by atoms with Gasteiger partial charge in [-0.05, 0) is 64.2 Å². The maximum Gasteiger partial charge on any atom is 0.469 e. The van der Waals surface area contributed by atoms with E-state index in [-0.39, 0.29) is 24.7 Å². The molecular formula is C39H68N9O12P. The van der Waals surface area contributed by atoms with Crippen molar-refractivity contribution >= 4 is 49.5 Å². The van der Waals surface area contributed by atoms with Crippen molar-refractivity contribution in [3.05, 3.63) is 18.2 Å². The molecule has 1 aliphatic rings. The van der Waals surface area contributed by atoms with Gasteiger partial charge in [-0.15, -0.1) is 0 Å². The maximum absolute atomic E-state index is 14.0. The Hall–Kier alpha value is -4.43. The third-order valence-electron chi connectivity index (χ3n) is 10.1. The molecule has 1 aliphatic heterocycles. The summed E-state index contributed by atoms with van der Waals surface area (Å²) in [6.07, 6.45) is 13.3. The van der Waals surface area contributed by atoms with E-state index in [1.165, 1.54) is 37.3 Å². The Morgan fingerprint density at radius 2 is 1.61 bits per heavy atom. The largest absolute Gasteiger partial charge is 0.469 e. The molecule has 1 aromatic rings. The molecule has 1 aromatic heterocycles. The van der Waals surface area contributed by atoms with E-state index in [9.17, 15) is 48.2 Å². The fourth-order valence-corrected chi connectivity index (χ4v) is 7.39. The number of hydrogen-bond donors (Lipinski definition) is 8. The summed E-state index contributed by atoms with van der Waals surface area (Å²) in [7, 11) is -5.11. The number of nitrogens with two attached hydrogens (primary N) is 1. The van der Waals surface area contributed by atoms with Crippen molar-refractivity contribution in [3.8, 4) is 0 Å². The fourth-order valence-electron chi connectivity index (χ4n) is 6.84. The van der Waals surface area contributed by atoms with Gasteiger partial charge in [0.05, 0.1) is 19.0 Å². The Morgan fingerprint density at radius 1 is 0.951 bits per heavy atom. The van der Waals surface area contributed by atoms with E-state index in [2.05, 4.69) is 42.9 Å². The van der Waals surface area contributed by atoms with Crippen LogP contribution in [0, 0.1) is 5.92 Å². The number of nitrogens with zero attached hydrogens (tertiary/aromatic N) is 4. The summed E-state index contributed by atoms with van der Waals surface area (Å²) < 4.78 is 17.7. The molecule has 1 fully saturated rings. The highest BCUT2D eigenvalue weighted by molar-refractivity contribution is 7.46. The number of carbonyl (C=O) groups excluding carboxylic acids is 6. The van der Waals surface area contributed by atoms with E-state index in [1.54, 1.807) is 12.5 Å². The van der Waals surface area contributed by atoms with Crippen molar-refractivity contribution in [2.45, 2.75) is 161 Å². The average molecular weight is 886 g/mol. The van der Waals surface area contributed by atoms with Gasteiger partial charge in [-0.2, -0.15) is 0 Å². The molecule has 0 bridgehead atoms. The highest BCUT2D eigenvalue weighted by Gasteiger charge is 2.37. The van der Waals surface area contributed by atoms with E-state index in [0.29, 0.717) is 38.2 Å². The highest BCUT2D eigenvalue weighted by Crippen LogP contribution is 2.38. The molecule has 0 spiro atoms.